The molecule has 0 aliphatic carbocycles. The highest BCUT2D eigenvalue weighted by Gasteiger charge is 2.11. The Balaban J connectivity index is 2.55. The van der Waals surface area contributed by atoms with Gasteiger partial charge in [0.2, 0.25) is 0 Å². The van der Waals surface area contributed by atoms with Gasteiger partial charge in [0.15, 0.2) is 0 Å². The van der Waals surface area contributed by atoms with E-state index in [9.17, 15) is 10.1 Å². The number of nitro groups is 1. The molecule has 84 valence electrons. The van der Waals surface area contributed by atoms with Crippen LogP contribution < -0.4 is 5.73 Å². The van der Waals surface area contributed by atoms with Gasteiger partial charge in [-0.05, 0) is 18.2 Å². The minimum Gasteiger partial charge on any atom is -0.397 e. The van der Waals surface area contributed by atoms with Gasteiger partial charge in [0.1, 0.15) is 11.8 Å². The normalized spacial score (nSPS) is 9.82. The van der Waals surface area contributed by atoms with Crippen LogP contribution in [0, 0.1) is 21.4 Å². The number of hydrogen-bond acceptors (Lipinski definition) is 4. The van der Waals surface area contributed by atoms with Crippen molar-refractivity contribution in [1.29, 1.82) is 5.26 Å². The van der Waals surface area contributed by atoms with Gasteiger partial charge in [0, 0.05) is 18.3 Å². The van der Waals surface area contributed by atoms with Crippen molar-refractivity contribution in [3.63, 3.8) is 0 Å². The summed E-state index contributed by atoms with van der Waals surface area (Å²) in [6.07, 6.45) is 1.68. The van der Waals surface area contributed by atoms with E-state index in [0.717, 1.165) is 0 Å². The van der Waals surface area contributed by atoms with Gasteiger partial charge >= 0.3 is 0 Å². The average molecular weight is 228 g/mol. The third kappa shape index (κ3) is 1.81. The fraction of sp³-hybridized carbons (Fsp3) is 0. The minimum absolute atomic E-state index is 0.0723. The average Bonchev–Trinajstić information content (AvgIpc) is 2.76. The lowest BCUT2D eigenvalue weighted by Gasteiger charge is -2.07. The van der Waals surface area contributed by atoms with Gasteiger partial charge in [0.05, 0.1) is 16.3 Å². The number of hydrogen-bond donors (Lipinski definition) is 1. The molecule has 2 rings (SSSR count). The zero-order valence-electron chi connectivity index (χ0n) is 8.70. The zero-order valence-corrected chi connectivity index (χ0v) is 8.70. The van der Waals surface area contributed by atoms with Crippen LogP contribution in [0.2, 0.25) is 0 Å². The van der Waals surface area contributed by atoms with Crippen LogP contribution >= 0.6 is 0 Å². The van der Waals surface area contributed by atoms with Crippen LogP contribution in [0.1, 0.15) is 5.69 Å². The van der Waals surface area contributed by atoms with Crippen molar-refractivity contribution in [2.24, 2.45) is 0 Å². The van der Waals surface area contributed by atoms with Gasteiger partial charge in [-0.1, -0.05) is 0 Å². The summed E-state index contributed by atoms with van der Waals surface area (Å²) < 4.78 is 1.58. The fourth-order valence-electron chi connectivity index (χ4n) is 1.56. The predicted octanol–water partition coefficient (Wildman–Crippen LogP) is 1.84. The van der Waals surface area contributed by atoms with E-state index < -0.39 is 4.92 Å². The number of nitrogen functional groups attached to an aromatic ring is 1. The van der Waals surface area contributed by atoms with E-state index in [1.165, 1.54) is 18.2 Å². The van der Waals surface area contributed by atoms with E-state index in [1.807, 2.05) is 6.07 Å². The van der Waals surface area contributed by atoms with Crippen molar-refractivity contribution >= 4 is 11.4 Å². The van der Waals surface area contributed by atoms with Crippen LogP contribution in [0.3, 0.4) is 0 Å². The molecule has 0 fully saturated rings. The molecule has 6 nitrogen and oxygen atoms in total. The molecular weight excluding hydrogens is 220 g/mol. The first-order valence-corrected chi connectivity index (χ1v) is 4.75. The van der Waals surface area contributed by atoms with Crippen LogP contribution in [0.5, 0.6) is 0 Å². The van der Waals surface area contributed by atoms with Gasteiger partial charge in [-0.2, -0.15) is 5.26 Å². The van der Waals surface area contributed by atoms with E-state index in [2.05, 4.69) is 0 Å². The highest BCUT2D eigenvalue weighted by Crippen LogP contribution is 2.24. The van der Waals surface area contributed by atoms with Crippen molar-refractivity contribution in [3.8, 4) is 11.8 Å². The first-order chi connectivity index (χ1) is 8.13. The third-order valence-electron chi connectivity index (χ3n) is 2.34. The topological polar surface area (TPSA) is 97.9 Å². The Morgan fingerprint density at radius 3 is 2.76 bits per heavy atom. The Bertz CT molecular complexity index is 625. The van der Waals surface area contributed by atoms with Crippen LogP contribution in [0.25, 0.3) is 5.69 Å². The van der Waals surface area contributed by atoms with Crippen LogP contribution in [-0.2, 0) is 0 Å². The monoisotopic (exact) mass is 228 g/mol. The highest BCUT2D eigenvalue weighted by molar-refractivity contribution is 5.63. The molecule has 0 saturated carbocycles. The minimum atomic E-state index is -0.513. The first kappa shape index (κ1) is 10.7. The SMILES string of the molecule is N#Cc1cccn1-c1ccc([N+](=O)[O-])cc1N. The van der Waals surface area contributed by atoms with Crippen molar-refractivity contribution in [2.75, 3.05) is 5.73 Å². The maximum absolute atomic E-state index is 10.6. The zero-order chi connectivity index (χ0) is 12.4. The van der Waals surface area contributed by atoms with Crippen molar-refractivity contribution in [1.82, 2.24) is 4.57 Å². The van der Waals surface area contributed by atoms with Crippen molar-refractivity contribution in [2.45, 2.75) is 0 Å². The Morgan fingerprint density at radius 1 is 1.41 bits per heavy atom. The van der Waals surface area contributed by atoms with E-state index >= 15 is 0 Å². The second-order valence-corrected chi connectivity index (χ2v) is 3.38. The van der Waals surface area contributed by atoms with Crippen LogP contribution in [0.4, 0.5) is 11.4 Å². The largest absolute Gasteiger partial charge is 0.397 e. The van der Waals surface area contributed by atoms with Crippen molar-refractivity contribution in [3.05, 3.63) is 52.3 Å². The molecule has 1 aromatic carbocycles. The fourth-order valence-corrected chi connectivity index (χ4v) is 1.56. The molecular formula is C11H8N4O2. The summed E-state index contributed by atoms with van der Waals surface area (Å²) in [7, 11) is 0. The second kappa shape index (κ2) is 3.98. The Hall–Kier alpha value is -2.81. The number of nitriles is 1. The molecule has 0 amide bonds. The smallest absolute Gasteiger partial charge is 0.271 e. The number of aromatic nitrogens is 1. The molecule has 1 aromatic heterocycles. The quantitative estimate of drug-likeness (QED) is 0.481. The molecule has 0 spiro atoms. The molecule has 2 aromatic rings. The number of rotatable bonds is 2. The number of nitrogens with two attached hydrogens (primary N) is 1. The number of anilines is 1. The molecule has 6 heteroatoms. The molecule has 0 unspecified atom stereocenters. The molecule has 17 heavy (non-hydrogen) atoms. The van der Waals surface area contributed by atoms with E-state index in [-0.39, 0.29) is 11.4 Å². The maximum atomic E-state index is 10.6. The van der Waals surface area contributed by atoms with E-state index in [0.29, 0.717) is 11.4 Å². The summed E-state index contributed by atoms with van der Waals surface area (Å²) in [6, 6.07) is 9.51. The van der Waals surface area contributed by atoms with Gasteiger partial charge in [0.25, 0.3) is 5.69 Å². The predicted molar refractivity (Wildman–Crippen MR) is 61.6 cm³/mol. The molecule has 0 bridgehead atoms. The lowest BCUT2D eigenvalue weighted by atomic mass is 10.2. The molecule has 0 atom stereocenters. The second-order valence-electron chi connectivity index (χ2n) is 3.38. The number of nitrogens with zero attached hydrogens (tertiary/aromatic N) is 3. The summed E-state index contributed by atoms with van der Waals surface area (Å²) in [5, 5.41) is 19.4. The number of nitro benzene ring substituents is 1. The summed E-state index contributed by atoms with van der Waals surface area (Å²) in [5.41, 5.74) is 6.90. The first-order valence-electron chi connectivity index (χ1n) is 4.75. The molecule has 1 heterocycles. The molecule has 0 aliphatic rings. The van der Waals surface area contributed by atoms with Gasteiger partial charge in [-0.3, -0.25) is 10.1 Å². The molecule has 0 aliphatic heterocycles. The molecule has 0 saturated heterocycles. The summed E-state index contributed by atoms with van der Waals surface area (Å²) in [6.45, 7) is 0. The van der Waals surface area contributed by atoms with E-state index in [4.69, 9.17) is 11.0 Å². The summed E-state index contributed by atoms with van der Waals surface area (Å²) in [5.74, 6) is 0. The highest BCUT2D eigenvalue weighted by atomic mass is 16.6. The third-order valence-corrected chi connectivity index (χ3v) is 2.34. The summed E-state index contributed by atoms with van der Waals surface area (Å²) in [4.78, 5) is 10.1. The lowest BCUT2D eigenvalue weighted by Crippen LogP contribution is -2.01. The summed E-state index contributed by atoms with van der Waals surface area (Å²) >= 11 is 0. The Morgan fingerprint density at radius 2 is 2.18 bits per heavy atom. The van der Waals surface area contributed by atoms with Gasteiger partial charge < -0.3 is 10.3 Å². The van der Waals surface area contributed by atoms with Gasteiger partial charge in [-0.15, -0.1) is 0 Å². The van der Waals surface area contributed by atoms with Crippen LogP contribution in [-0.4, -0.2) is 9.49 Å². The Labute approximate surface area is 96.7 Å². The van der Waals surface area contributed by atoms with Crippen LogP contribution in [0.15, 0.2) is 36.5 Å². The van der Waals surface area contributed by atoms with Gasteiger partial charge in [-0.25, -0.2) is 0 Å². The van der Waals surface area contributed by atoms with E-state index in [1.54, 1.807) is 22.9 Å². The standard InChI is InChI=1S/C11H8N4O2/c12-7-9-2-1-5-14(9)11-4-3-8(15(16)17)6-10(11)13/h1-6H,13H2. The molecule has 0 radical (unpaired) electrons. The molecule has 2 N–H and O–H groups in total. The Kier molecular flexibility index (Phi) is 2.51. The number of non-ortho nitro benzene ring substituents is 1. The number of benzene rings is 1. The lowest BCUT2D eigenvalue weighted by molar-refractivity contribution is -0.384. The van der Waals surface area contributed by atoms with Crippen molar-refractivity contribution < 1.29 is 4.92 Å². The maximum Gasteiger partial charge on any atom is 0.271 e.